The van der Waals surface area contributed by atoms with Crippen LogP contribution in [-0.4, -0.2) is 36.7 Å². The largest absolute Gasteiger partial charge is 0.481 e. The Morgan fingerprint density at radius 1 is 1.19 bits per heavy atom. The highest BCUT2D eigenvalue weighted by molar-refractivity contribution is 6.01. The predicted molar refractivity (Wildman–Crippen MR) is 101 cm³/mol. The molecule has 1 fully saturated rings. The Labute approximate surface area is 158 Å². The van der Waals surface area contributed by atoms with Gasteiger partial charge in [0.2, 0.25) is 0 Å². The highest BCUT2D eigenvalue weighted by atomic mass is 16.5. The molecule has 1 aromatic heterocycles. The molecule has 0 spiro atoms. The molecule has 0 radical (unpaired) electrons. The Balaban J connectivity index is 1.79. The first kappa shape index (κ1) is 19.2. The van der Waals surface area contributed by atoms with Gasteiger partial charge in [0, 0.05) is 30.9 Å². The van der Waals surface area contributed by atoms with Crippen LogP contribution in [0.5, 0.6) is 0 Å². The van der Waals surface area contributed by atoms with Gasteiger partial charge in [-0.05, 0) is 32.6 Å². The number of nitrogens with one attached hydrogen (secondary N) is 1. The summed E-state index contributed by atoms with van der Waals surface area (Å²) in [4.78, 5) is 24.6. The van der Waals surface area contributed by atoms with E-state index in [0.717, 1.165) is 11.1 Å². The third kappa shape index (κ3) is 4.22. The van der Waals surface area contributed by atoms with Gasteiger partial charge in [-0.15, -0.1) is 0 Å². The lowest BCUT2D eigenvalue weighted by atomic mass is 9.86. The van der Waals surface area contributed by atoms with Gasteiger partial charge in [-0.1, -0.05) is 30.3 Å². The van der Waals surface area contributed by atoms with Crippen LogP contribution in [0.25, 0.3) is 11.3 Å². The van der Waals surface area contributed by atoms with Crippen molar-refractivity contribution < 1.29 is 23.8 Å². The standard InChI is InChI=1S/C21H25NO5/c1-13-14(2)27-19(16-6-4-3-5-7-16)18(13)20(23)22-12-17(21(24)25)15-8-10-26-11-9-15/h3-7,15,17H,8-12H2,1-2H3,(H,22,23)(H,24,25). The Morgan fingerprint density at radius 2 is 1.85 bits per heavy atom. The number of hydrogen-bond donors (Lipinski definition) is 2. The summed E-state index contributed by atoms with van der Waals surface area (Å²) < 4.78 is 11.1. The van der Waals surface area contributed by atoms with Crippen LogP contribution in [0.3, 0.4) is 0 Å². The zero-order chi connectivity index (χ0) is 19.4. The van der Waals surface area contributed by atoms with Gasteiger partial charge in [0.1, 0.15) is 11.5 Å². The van der Waals surface area contributed by atoms with E-state index < -0.39 is 11.9 Å². The monoisotopic (exact) mass is 371 g/mol. The number of carbonyl (C=O) groups excluding carboxylic acids is 1. The van der Waals surface area contributed by atoms with E-state index in [-0.39, 0.29) is 18.4 Å². The van der Waals surface area contributed by atoms with Gasteiger partial charge in [-0.2, -0.15) is 0 Å². The number of carboxylic acids is 1. The van der Waals surface area contributed by atoms with Crippen molar-refractivity contribution in [3.05, 3.63) is 47.2 Å². The van der Waals surface area contributed by atoms with Crippen LogP contribution in [0.1, 0.15) is 34.5 Å². The molecule has 1 aliphatic rings. The van der Waals surface area contributed by atoms with Crippen LogP contribution in [0.2, 0.25) is 0 Å². The molecule has 1 aromatic carbocycles. The number of aliphatic carboxylic acids is 1. The van der Waals surface area contributed by atoms with Gasteiger partial charge in [0.25, 0.3) is 5.91 Å². The van der Waals surface area contributed by atoms with Crippen LogP contribution < -0.4 is 5.32 Å². The summed E-state index contributed by atoms with van der Waals surface area (Å²) in [7, 11) is 0. The third-order valence-electron chi connectivity index (χ3n) is 5.28. The summed E-state index contributed by atoms with van der Waals surface area (Å²) in [5, 5.41) is 12.4. The van der Waals surface area contributed by atoms with Crippen LogP contribution in [-0.2, 0) is 9.53 Å². The van der Waals surface area contributed by atoms with Gasteiger partial charge >= 0.3 is 5.97 Å². The topological polar surface area (TPSA) is 88.8 Å². The quantitative estimate of drug-likeness (QED) is 0.812. The van der Waals surface area contributed by atoms with E-state index in [1.54, 1.807) is 0 Å². The van der Waals surface area contributed by atoms with Crippen molar-refractivity contribution in [3.8, 4) is 11.3 Å². The molecular weight excluding hydrogens is 346 g/mol. The smallest absolute Gasteiger partial charge is 0.308 e. The number of carboxylic acid groups (broad SMARTS) is 1. The van der Waals surface area contributed by atoms with Crippen molar-refractivity contribution in [2.45, 2.75) is 26.7 Å². The molecule has 27 heavy (non-hydrogen) atoms. The molecule has 2 heterocycles. The average Bonchev–Trinajstić information content (AvgIpc) is 2.98. The molecule has 1 unspecified atom stereocenters. The molecule has 144 valence electrons. The van der Waals surface area contributed by atoms with Gasteiger partial charge in [0.15, 0.2) is 0 Å². The lowest BCUT2D eigenvalue weighted by molar-refractivity contribution is -0.144. The molecule has 0 saturated carbocycles. The van der Waals surface area contributed by atoms with Crippen molar-refractivity contribution in [1.82, 2.24) is 5.32 Å². The number of rotatable bonds is 6. The molecule has 1 saturated heterocycles. The molecule has 1 aliphatic heterocycles. The molecule has 6 heteroatoms. The number of amides is 1. The second-order valence-electron chi connectivity index (χ2n) is 6.96. The summed E-state index contributed by atoms with van der Waals surface area (Å²) in [6, 6.07) is 9.44. The number of benzene rings is 1. The Hall–Kier alpha value is -2.60. The molecule has 0 aliphatic carbocycles. The normalized spacial score (nSPS) is 16.1. The SMILES string of the molecule is Cc1oc(-c2ccccc2)c(C(=O)NCC(C(=O)O)C2CCOCC2)c1C. The van der Waals surface area contributed by atoms with E-state index in [1.165, 1.54) is 0 Å². The number of ether oxygens (including phenoxy) is 1. The second kappa shape index (κ2) is 8.39. The van der Waals surface area contributed by atoms with E-state index >= 15 is 0 Å². The molecule has 2 aromatic rings. The summed E-state index contributed by atoms with van der Waals surface area (Å²) >= 11 is 0. The fourth-order valence-corrected chi connectivity index (χ4v) is 3.56. The van der Waals surface area contributed by atoms with Crippen molar-refractivity contribution >= 4 is 11.9 Å². The van der Waals surface area contributed by atoms with E-state index in [9.17, 15) is 14.7 Å². The minimum absolute atomic E-state index is 0.0114. The van der Waals surface area contributed by atoms with Crippen LogP contribution in [0.4, 0.5) is 0 Å². The summed E-state index contributed by atoms with van der Waals surface area (Å²) in [6.45, 7) is 4.89. The van der Waals surface area contributed by atoms with Crippen molar-refractivity contribution in [3.63, 3.8) is 0 Å². The van der Waals surface area contributed by atoms with E-state index in [4.69, 9.17) is 9.15 Å². The minimum Gasteiger partial charge on any atom is -0.481 e. The highest BCUT2D eigenvalue weighted by Crippen LogP contribution is 2.31. The zero-order valence-corrected chi connectivity index (χ0v) is 15.7. The second-order valence-corrected chi connectivity index (χ2v) is 6.96. The fourth-order valence-electron chi connectivity index (χ4n) is 3.56. The summed E-state index contributed by atoms with van der Waals surface area (Å²) in [6.07, 6.45) is 1.40. The maximum Gasteiger partial charge on any atom is 0.308 e. The fraction of sp³-hybridized carbons (Fsp3) is 0.429. The molecule has 3 rings (SSSR count). The number of aryl methyl sites for hydroxylation is 1. The van der Waals surface area contributed by atoms with Gasteiger partial charge in [-0.3, -0.25) is 9.59 Å². The summed E-state index contributed by atoms with van der Waals surface area (Å²) in [5.74, 6) is -0.602. The first-order valence-electron chi connectivity index (χ1n) is 9.23. The average molecular weight is 371 g/mol. The Kier molecular flexibility index (Phi) is 5.96. The molecule has 6 nitrogen and oxygen atoms in total. The third-order valence-corrected chi connectivity index (χ3v) is 5.28. The predicted octanol–water partition coefficient (Wildman–Crippen LogP) is 3.42. The zero-order valence-electron chi connectivity index (χ0n) is 15.7. The van der Waals surface area contributed by atoms with Crippen LogP contribution in [0.15, 0.2) is 34.7 Å². The minimum atomic E-state index is -0.884. The first-order chi connectivity index (χ1) is 13.0. The van der Waals surface area contributed by atoms with E-state index in [2.05, 4.69) is 5.32 Å². The molecule has 1 amide bonds. The first-order valence-corrected chi connectivity index (χ1v) is 9.23. The molecule has 1 atom stereocenters. The number of furan rings is 1. The summed E-state index contributed by atoms with van der Waals surface area (Å²) in [5.41, 5.74) is 2.05. The van der Waals surface area contributed by atoms with E-state index in [1.807, 2.05) is 44.2 Å². The Bertz CT molecular complexity index is 805. The lowest BCUT2D eigenvalue weighted by Crippen LogP contribution is -2.39. The van der Waals surface area contributed by atoms with Gasteiger partial charge in [-0.25, -0.2) is 0 Å². The molecule has 2 N–H and O–H groups in total. The lowest BCUT2D eigenvalue weighted by Gasteiger charge is -2.27. The van der Waals surface area contributed by atoms with E-state index in [0.29, 0.717) is 43.1 Å². The maximum atomic E-state index is 12.9. The Morgan fingerprint density at radius 3 is 2.48 bits per heavy atom. The molecule has 0 bridgehead atoms. The number of hydrogen-bond acceptors (Lipinski definition) is 4. The number of carbonyl (C=O) groups is 2. The maximum absolute atomic E-state index is 12.9. The van der Waals surface area contributed by atoms with Crippen molar-refractivity contribution in [2.75, 3.05) is 19.8 Å². The van der Waals surface area contributed by atoms with Crippen LogP contribution in [0, 0.1) is 25.7 Å². The van der Waals surface area contributed by atoms with Gasteiger partial charge in [0.05, 0.1) is 11.5 Å². The van der Waals surface area contributed by atoms with Crippen molar-refractivity contribution in [2.24, 2.45) is 11.8 Å². The van der Waals surface area contributed by atoms with Gasteiger partial charge < -0.3 is 19.6 Å². The highest BCUT2D eigenvalue weighted by Gasteiger charge is 2.31. The molecular formula is C21H25NO5. The van der Waals surface area contributed by atoms with Crippen molar-refractivity contribution in [1.29, 1.82) is 0 Å². The van der Waals surface area contributed by atoms with Crippen LogP contribution >= 0.6 is 0 Å².